The molecule has 0 aromatic heterocycles. The minimum absolute atomic E-state index is 0.267. The fraction of sp³-hybridized carbons (Fsp3) is 0.571. The fourth-order valence-corrected chi connectivity index (χ4v) is 0.960. The number of nitrogens with zero attached hydrogens (tertiary/aromatic N) is 1. The van der Waals surface area contributed by atoms with Gasteiger partial charge >= 0.3 is 6.03 Å². The van der Waals surface area contributed by atoms with E-state index in [0.717, 1.165) is 0 Å². The first-order valence-electron chi connectivity index (χ1n) is 3.88. The highest BCUT2D eigenvalue weighted by molar-refractivity contribution is 5.90. The zero-order valence-electron chi connectivity index (χ0n) is 7.13. The van der Waals surface area contributed by atoms with Gasteiger partial charge in [-0.2, -0.15) is 5.26 Å². The average molecular weight is 182 g/mol. The summed E-state index contributed by atoms with van der Waals surface area (Å²) in [7, 11) is 0. The van der Waals surface area contributed by atoms with Crippen LogP contribution in [0.2, 0.25) is 0 Å². The molecule has 0 bridgehead atoms. The number of carbonyl (C=O) groups is 2. The Bertz CT molecular complexity index is 270. The monoisotopic (exact) mass is 182 g/mol. The Labute approximate surface area is 75.3 Å². The molecule has 1 rings (SSSR count). The van der Waals surface area contributed by atoms with Crippen molar-refractivity contribution < 1.29 is 9.59 Å². The molecule has 2 atom stereocenters. The molecule has 0 spiro atoms. The van der Waals surface area contributed by atoms with Crippen molar-refractivity contribution in [1.82, 2.24) is 16.0 Å². The normalized spacial score (nSPS) is 22.5. The number of hydrogen-bond donors (Lipinski definition) is 3. The Morgan fingerprint density at radius 1 is 1.85 bits per heavy atom. The maximum atomic E-state index is 11.2. The summed E-state index contributed by atoms with van der Waals surface area (Å²) >= 11 is 0. The Morgan fingerprint density at radius 3 is 3.00 bits per heavy atom. The molecule has 6 nitrogen and oxygen atoms in total. The molecule has 0 aliphatic carbocycles. The summed E-state index contributed by atoms with van der Waals surface area (Å²) in [6.45, 7) is 1.84. The standard InChI is InChI=1S/C7H10N4O2/c1-4(2-8)10-6(12)5-3-9-7(13)11-5/h4-5H,3H2,1H3,(H,10,12)(H2,9,11,13)/t4?,5-/m0/s1. The van der Waals surface area contributed by atoms with Gasteiger partial charge in [-0.25, -0.2) is 4.79 Å². The van der Waals surface area contributed by atoms with Gasteiger partial charge < -0.3 is 16.0 Å². The molecule has 0 radical (unpaired) electrons. The van der Waals surface area contributed by atoms with Gasteiger partial charge in [-0.15, -0.1) is 0 Å². The zero-order chi connectivity index (χ0) is 9.84. The van der Waals surface area contributed by atoms with Crippen LogP contribution in [-0.2, 0) is 4.79 Å². The van der Waals surface area contributed by atoms with Gasteiger partial charge in [0.15, 0.2) is 0 Å². The van der Waals surface area contributed by atoms with Crippen LogP contribution >= 0.6 is 0 Å². The maximum Gasteiger partial charge on any atom is 0.315 e. The van der Waals surface area contributed by atoms with Crippen molar-refractivity contribution in [2.45, 2.75) is 19.0 Å². The van der Waals surface area contributed by atoms with E-state index in [1.807, 2.05) is 6.07 Å². The third-order valence-corrected chi connectivity index (χ3v) is 1.64. The lowest BCUT2D eigenvalue weighted by molar-refractivity contribution is -0.122. The lowest BCUT2D eigenvalue weighted by Crippen LogP contribution is -2.45. The van der Waals surface area contributed by atoms with E-state index in [2.05, 4.69) is 16.0 Å². The third-order valence-electron chi connectivity index (χ3n) is 1.64. The SMILES string of the molecule is CC(C#N)NC(=O)[C@@H]1CNC(=O)N1. The second-order valence-electron chi connectivity index (χ2n) is 2.77. The summed E-state index contributed by atoms with van der Waals surface area (Å²) < 4.78 is 0. The smallest absolute Gasteiger partial charge is 0.315 e. The van der Waals surface area contributed by atoms with Crippen molar-refractivity contribution >= 4 is 11.9 Å². The van der Waals surface area contributed by atoms with E-state index in [0.29, 0.717) is 0 Å². The molecule has 0 saturated carbocycles. The van der Waals surface area contributed by atoms with Crippen LogP contribution in [0.5, 0.6) is 0 Å². The summed E-state index contributed by atoms with van der Waals surface area (Å²) in [5.74, 6) is -0.340. The molecule has 70 valence electrons. The largest absolute Gasteiger partial charge is 0.339 e. The molecular formula is C7H10N4O2. The molecular weight excluding hydrogens is 172 g/mol. The summed E-state index contributed by atoms with van der Waals surface area (Å²) in [5, 5.41) is 15.7. The van der Waals surface area contributed by atoms with E-state index in [4.69, 9.17) is 5.26 Å². The van der Waals surface area contributed by atoms with E-state index in [9.17, 15) is 9.59 Å². The zero-order valence-corrected chi connectivity index (χ0v) is 7.13. The van der Waals surface area contributed by atoms with Crippen LogP contribution in [-0.4, -0.2) is 30.6 Å². The number of nitrogens with one attached hydrogen (secondary N) is 3. The van der Waals surface area contributed by atoms with Crippen molar-refractivity contribution in [3.63, 3.8) is 0 Å². The van der Waals surface area contributed by atoms with Crippen LogP contribution in [0.3, 0.4) is 0 Å². The number of urea groups is 1. The molecule has 3 N–H and O–H groups in total. The lowest BCUT2D eigenvalue weighted by atomic mass is 10.2. The lowest BCUT2D eigenvalue weighted by Gasteiger charge is -2.10. The summed E-state index contributed by atoms with van der Waals surface area (Å²) in [5.41, 5.74) is 0. The molecule has 13 heavy (non-hydrogen) atoms. The fourth-order valence-electron chi connectivity index (χ4n) is 0.960. The van der Waals surface area contributed by atoms with E-state index < -0.39 is 12.1 Å². The van der Waals surface area contributed by atoms with Gasteiger partial charge in [0, 0.05) is 6.54 Å². The first-order chi connectivity index (χ1) is 6.13. The molecule has 1 saturated heterocycles. The molecule has 3 amide bonds. The van der Waals surface area contributed by atoms with Gasteiger partial charge in [-0.05, 0) is 6.92 Å². The molecule has 1 aliphatic heterocycles. The van der Waals surface area contributed by atoms with Crippen LogP contribution in [0.25, 0.3) is 0 Å². The van der Waals surface area contributed by atoms with Crippen molar-refractivity contribution in [2.75, 3.05) is 6.54 Å². The first-order valence-corrected chi connectivity index (χ1v) is 3.88. The van der Waals surface area contributed by atoms with E-state index >= 15 is 0 Å². The molecule has 6 heteroatoms. The van der Waals surface area contributed by atoms with Crippen LogP contribution in [0.15, 0.2) is 0 Å². The van der Waals surface area contributed by atoms with Crippen molar-refractivity contribution in [1.29, 1.82) is 5.26 Å². The van der Waals surface area contributed by atoms with Crippen LogP contribution in [0, 0.1) is 11.3 Å². The van der Waals surface area contributed by atoms with Gasteiger partial charge in [0.1, 0.15) is 12.1 Å². The van der Waals surface area contributed by atoms with Gasteiger partial charge in [0.05, 0.1) is 6.07 Å². The van der Waals surface area contributed by atoms with E-state index in [-0.39, 0.29) is 18.5 Å². The number of amides is 3. The Hall–Kier alpha value is -1.77. The van der Waals surface area contributed by atoms with Gasteiger partial charge in [-0.3, -0.25) is 4.79 Å². The van der Waals surface area contributed by atoms with Gasteiger partial charge in [-0.1, -0.05) is 0 Å². The Kier molecular flexibility index (Phi) is 2.69. The average Bonchev–Trinajstić information content (AvgIpc) is 2.51. The summed E-state index contributed by atoms with van der Waals surface area (Å²) in [4.78, 5) is 21.9. The van der Waals surface area contributed by atoms with Crippen LogP contribution in [0.1, 0.15) is 6.92 Å². The van der Waals surface area contributed by atoms with Gasteiger partial charge in [0.25, 0.3) is 0 Å². The Morgan fingerprint density at radius 2 is 2.54 bits per heavy atom. The quantitative estimate of drug-likeness (QED) is 0.495. The van der Waals surface area contributed by atoms with E-state index in [1.165, 1.54) is 0 Å². The third kappa shape index (κ3) is 2.33. The number of hydrogen-bond acceptors (Lipinski definition) is 3. The molecule has 1 fully saturated rings. The van der Waals surface area contributed by atoms with E-state index in [1.54, 1.807) is 6.92 Å². The van der Waals surface area contributed by atoms with Crippen molar-refractivity contribution in [3.05, 3.63) is 0 Å². The summed E-state index contributed by atoms with van der Waals surface area (Å²) in [6, 6.07) is 0.405. The second kappa shape index (κ2) is 3.76. The Balaban J connectivity index is 2.41. The topological polar surface area (TPSA) is 94.0 Å². The minimum Gasteiger partial charge on any atom is -0.339 e. The number of carbonyl (C=O) groups excluding carboxylic acids is 2. The van der Waals surface area contributed by atoms with Crippen molar-refractivity contribution in [2.24, 2.45) is 0 Å². The number of rotatable bonds is 2. The first kappa shape index (κ1) is 9.32. The predicted octanol–water partition coefficient (Wildman–Crippen LogP) is -1.30. The van der Waals surface area contributed by atoms with Crippen LogP contribution < -0.4 is 16.0 Å². The van der Waals surface area contributed by atoms with Gasteiger partial charge in [0.2, 0.25) is 5.91 Å². The molecule has 0 aromatic rings. The van der Waals surface area contributed by atoms with Crippen LogP contribution in [0.4, 0.5) is 4.79 Å². The molecule has 1 unspecified atom stereocenters. The highest BCUT2D eigenvalue weighted by atomic mass is 16.2. The maximum absolute atomic E-state index is 11.2. The minimum atomic E-state index is -0.566. The predicted molar refractivity (Wildman–Crippen MR) is 43.5 cm³/mol. The molecule has 1 aliphatic rings. The molecule has 0 aromatic carbocycles. The second-order valence-corrected chi connectivity index (χ2v) is 2.77. The highest BCUT2D eigenvalue weighted by Gasteiger charge is 2.27. The van der Waals surface area contributed by atoms with Crippen molar-refractivity contribution in [3.8, 4) is 6.07 Å². The number of nitriles is 1. The summed E-state index contributed by atoms with van der Waals surface area (Å²) in [6.07, 6.45) is 0. The highest BCUT2D eigenvalue weighted by Crippen LogP contribution is 1.91. The molecule has 1 heterocycles.